The second-order valence-corrected chi connectivity index (χ2v) is 10.4. The normalized spacial score (nSPS) is 15.3. The molecule has 43 heavy (non-hydrogen) atoms. The summed E-state index contributed by atoms with van der Waals surface area (Å²) in [6.07, 6.45) is -20.5. The van der Waals surface area contributed by atoms with E-state index in [1.807, 2.05) is 0 Å². The van der Waals surface area contributed by atoms with E-state index >= 15 is 0 Å². The molecule has 0 rings (SSSR count). The summed E-state index contributed by atoms with van der Waals surface area (Å²) in [4.78, 5) is 0. The van der Waals surface area contributed by atoms with Crippen LogP contribution in [0.15, 0.2) is 0 Å². The van der Waals surface area contributed by atoms with E-state index in [1.54, 1.807) is 0 Å². The second kappa shape index (κ2) is 13.1. The van der Waals surface area contributed by atoms with Crippen molar-refractivity contribution in [1.82, 2.24) is 0 Å². The third-order valence-corrected chi connectivity index (χ3v) is 5.76. The van der Waals surface area contributed by atoms with Crippen molar-refractivity contribution in [3.63, 3.8) is 0 Å². The van der Waals surface area contributed by atoms with Crippen molar-refractivity contribution < 1.29 is 131 Å². The van der Waals surface area contributed by atoms with Crippen molar-refractivity contribution in [3.8, 4) is 0 Å². The van der Waals surface area contributed by atoms with Crippen LogP contribution in [0.4, 0.5) is 92.2 Å². The van der Waals surface area contributed by atoms with Crippen molar-refractivity contribution in [3.05, 3.63) is 0 Å². The Bertz CT molecular complexity index is 1100. The summed E-state index contributed by atoms with van der Waals surface area (Å²) in [5.41, 5.74) is 0. The minimum absolute atomic E-state index is 0. The van der Waals surface area contributed by atoms with Crippen LogP contribution in [-0.2, 0) is 30.4 Å². The minimum Gasteiger partial charge on any atom is -0.743 e. The van der Waals surface area contributed by atoms with Crippen molar-refractivity contribution in [2.45, 2.75) is 52.1 Å². The molecule has 0 amide bonds. The average Bonchev–Trinajstić information content (AvgIpc) is 2.63. The molecule has 0 saturated heterocycles. The first-order valence-electron chi connectivity index (χ1n) is 7.58. The minimum atomic E-state index is -7.10. The van der Waals surface area contributed by atoms with Gasteiger partial charge in [-0.3, -0.25) is 0 Å². The molecule has 0 N–H and O–H groups in total. The first kappa shape index (κ1) is 49.0. The number of rotatable bonds is 6. The molecule has 260 valence electrons. The summed E-state index contributed by atoms with van der Waals surface area (Å²) in [5, 5.41) is -20.2. The fraction of sp³-hybridized carbons (Fsp3) is 1.00. The van der Waals surface area contributed by atoms with Gasteiger partial charge < -0.3 is 13.7 Å². The SMILES string of the molecule is O=S(=O)([O-])C(F)(F)C(F)(F)C(F)(F)F.O=S(=O)([O-])C(F)(F)C(F)(F)C(F)(F)F.O=S(=O)([O-])C(F)(F)C(F)(F)C(F)(F)F.[Sb+3]. The monoisotopic (exact) mass is 868 g/mol. The van der Waals surface area contributed by atoms with Crippen LogP contribution in [0.3, 0.4) is 0 Å². The molecule has 0 spiro atoms. The van der Waals surface area contributed by atoms with Crippen LogP contribution in [0.5, 0.6) is 0 Å². The number of hydrogen-bond acceptors (Lipinski definition) is 9. The van der Waals surface area contributed by atoms with Crippen molar-refractivity contribution >= 4 is 54.8 Å². The van der Waals surface area contributed by atoms with E-state index in [0.29, 0.717) is 0 Å². The van der Waals surface area contributed by atoms with Gasteiger partial charge in [-0.1, -0.05) is 0 Å². The Kier molecular flexibility index (Phi) is 14.9. The maximum Gasteiger partial charge on any atom is 3.00 e. The largest absolute Gasteiger partial charge is 3.00 e. The van der Waals surface area contributed by atoms with E-state index in [0.717, 1.165) is 0 Å². The van der Waals surface area contributed by atoms with Gasteiger partial charge in [-0.05, 0) is 0 Å². The van der Waals surface area contributed by atoms with Crippen molar-refractivity contribution in [1.29, 1.82) is 0 Å². The predicted octanol–water partition coefficient (Wildman–Crippen LogP) is 3.59. The maximum absolute atomic E-state index is 11.8. The molecule has 0 atom stereocenters. The molecule has 0 aliphatic carbocycles. The van der Waals surface area contributed by atoms with Crippen LogP contribution in [0.1, 0.15) is 0 Å². The van der Waals surface area contributed by atoms with E-state index in [9.17, 15) is 131 Å². The van der Waals surface area contributed by atoms with E-state index < -0.39 is 82.4 Å². The Hall–Kier alpha value is -0.922. The topological polar surface area (TPSA) is 172 Å². The molecular weight excluding hydrogens is 869 g/mol. The van der Waals surface area contributed by atoms with Gasteiger partial charge >= 0.3 is 76.5 Å². The fourth-order valence-corrected chi connectivity index (χ4v) is 2.26. The molecule has 0 aliphatic heterocycles. The van der Waals surface area contributed by atoms with E-state index in [4.69, 9.17) is 0 Å². The molecule has 0 unspecified atom stereocenters. The number of hydrogen-bond donors (Lipinski definition) is 0. The molecule has 34 heteroatoms. The van der Waals surface area contributed by atoms with Crippen LogP contribution < -0.4 is 0 Å². The van der Waals surface area contributed by atoms with Crippen LogP contribution in [0.2, 0.25) is 0 Å². The molecule has 0 fully saturated rings. The molecule has 0 aliphatic rings. The molecular formula is C9F21O9S3Sb. The van der Waals surface area contributed by atoms with Gasteiger partial charge in [0.1, 0.15) is 0 Å². The number of halogens is 21. The molecule has 9 nitrogen and oxygen atoms in total. The van der Waals surface area contributed by atoms with Gasteiger partial charge in [0, 0.05) is 0 Å². The maximum atomic E-state index is 11.8. The first-order valence-corrected chi connectivity index (χ1v) is 11.8. The molecule has 0 aromatic carbocycles. The summed E-state index contributed by atoms with van der Waals surface area (Å²) < 4.78 is 328. The van der Waals surface area contributed by atoms with Gasteiger partial charge in [0.2, 0.25) is 0 Å². The quantitative estimate of drug-likeness (QED) is 0.220. The van der Waals surface area contributed by atoms with Gasteiger partial charge in [-0.25, -0.2) is 25.3 Å². The summed E-state index contributed by atoms with van der Waals surface area (Å²) >= 11 is 0. The molecule has 0 aromatic rings. The van der Waals surface area contributed by atoms with Gasteiger partial charge in [0.25, 0.3) is 0 Å². The van der Waals surface area contributed by atoms with Crippen molar-refractivity contribution in [2.75, 3.05) is 0 Å². The Balaban J connectivity index is -0.000000262. The van der Waals surface area contributed by atoms with Crippen molar-refractivity contribution in [2.24, 2.45) is 0 Å². The summed E-state index contributed by atoms with van der Waals surface area (Å²) in [6, 6.07) is 0. The van der Waals surface area contributed by atoms with Gasteiger partial charge in [-0.2, -0.15) is 92.2 Å². The third kappa shape index (κ3) is 9.78. The molecule has 0 aromatic heterocycles. The summed E-state index contributed by atoms with van der Waals surface area (Å²) in [5.74, 6) is -20.7. The summed E-state index contributed by atoms with van der Waals surface area (Å²) in [7, 11) is -21.3. The van der Waals surface area contributed by atoms with Gasteiger partial charge in [0.05, 0.1) is 0 Å². The van der Waals surface area contributed by atoms with Crippen LogP contribution >= 0.6 is 0 Å². The van der Waals surface area contributed by atoms with E-state index in [2.05, 4.69) is 0 Å². The Morgan fingerprint density at radius 3 is 0.419 bits per heavy atom. The van der Waals surface area contributed by atoms with E-state index in [1.165, 1.54) is 0 Å². The Labute approximate surface area is 238 Å². The zero-order valence-corrected chi connectivity index (χ0v) is 22.8. The molecule has 0 bridgehead atoms. The standard InChI is InChI=1S/3C3HF7O3S.Sb/c3*4-1(5,2(6,7)8)3(9,10)14(11,12)13;/h3*(H,11,12,13);/q;;;+3/p-3. The zero-order chi connectivity index (χ0) is 36.0. The third-order valence-electron chi connectivity index (χ3n) is 3.11. The molecule has 2 radical (unpaired) electrons. The first-order chi connectivity index (χ1) is 17.2. The Morgan fingerprint density at radius 1 is 0.302 bits per heavy atom. The van der Waals surface area contributed by atoms with Crippen LogP contribution in [-0.4, -0.2) is 115 Å². The second-order valence-electron chi connectivity index (χ2n) is 6.13. The average molecular weight is 869 g/mol. The smallest absolute Gasteiger partial charge is 0.743 e. The van der Waals surface area contributed by atoms with E-state index in [-0.39, 0.29) is 24.4 Å². The molecule has 0 heterocycles. The number of alkyl halides is 21. The van der Waals surface area contributed by atoms with Crippen LogP contribution in [0, 0.1) is 0 Å². The van der Waals surface area contributed by atoms with Crippen LogP contribution in [0.25, 0.3) is 0 Å². The zero-order valence-electron chi connectivity index (χ0n) is 17.8. The Morgan fingerprint density at radius 2 is 0.395 bits per heavy atom. The predicted molar refractivity (Wildman–Crippen MR) is 82.7 cm³/mol. The summed E-state index contributed by atoms with van der Waals surface area (Å²) in [6.45, 7) is 0. The van der Waals surface area contributed by atoms with Gasteiger partial charge in [-0.15, -0.1) is 0 Å². The molecule has 0 saturated carbocycles. The van der Waals surface area contributed by atoms with Gasteiger partial charge in [0.15, 0.2) is 30.4 Å². The fourth-order valence-electron chi connectivity index (χ4n) is 0.966.